The molecule has 2 fully saturated rings. The summed E-state index contributed by atoms with van der Waals surface area (Å²) in [5.74, 6) is 0. The number of likely N-dealkylation sites (N-methyl/N-ethyl adjacent to an activating group) is 1. The van der Waals surface area contributed by atoms with Gasteiger partial charge in [-0.15, -0.1) is 0 Å². The van der Waals surface area contributed by atoms with Crippen molar-refractivity contribution < 1.29 is 0 Å². The van der Waals surface area contributed by atoms with Gasteiger partial charge < -0.3 is 5.32 Å². The second-order valence-corrected chi connectivity index (χ2v) is 7.38. The molecule has 0 aromatic heterocycles. The van der Waals surface area contributed by atoms with Crippen LogP contribution in [0, 0.1) is 0 Å². The summed E-state index contributed by atoms with van der Waals surface area (Å²) >= 11 is 3.75. The van der Waals surface area contributed by atoms with Crippen molar-refractivity contribution in [2.75, 3.05) is 27.2 Å². The van der Waals surface area contributed by atoms with Gasteiger partial charge in [0, 0.05) is 42.7 Å². The van der Waals surface area contributed by atoms with Crippen LogP contribution in [0.4, 0.5) is 0 Å². The summed E-state index contributed by atoms with van der Waals surface area (Å²) in [7, 11) is 4.30. The highest BCUT2D eigenvalue weighted by atomic mass is 79.9. The molecular weight excluding hydrogens is 326 g/mol. The fourth-order valence-electron chi connectivity index (χ4n) is 3.80. The van der Waals surface area contributed by atoms with Crippen LogP contribution >= 0.6 is 15.9 Å². The molecule has 0 spiro atoms. The minimum atomic E-state index is 0.764. The molecule has 2 heterocycles. The number of halogens is 1. The lowest BCUT2D eigenvalue weighted by Gasteiger charge is -2.26. The normalized spacial score (nSPS) is 27.0. The second-order valence-electron chi connectivity index (χ2n) is 6.53. The van der Waals surface area contributed by atoms with Crippen molar-refractivity contribution >= 4 is 15.9 Å². The molecular formula is C17H26BrN3. The lowest BCUT2D eigenvalue weighted by Crippen LogP contribution is -2.36. The lowest BCUT2D eigenvalue weighted by atomic mass is 10.1. The van der Waals surface area contributed by atoms with E-state index in [2.05, 4.69) is 56.3 Å². The van der Waals surface area contributed by atoms with Crippen molar-refractivity contribution in [1.82, 2.24) is 15.1 Å². The molecule has 0 amide bonds. The number of nitrogens with one attached hydrogen (secondary N) is 1. The van der Waals surface area contributed by atoms with Crippen LogP contribution in [0.3, 0.4) is 0 Å². The van der Waals surface area contributed by atoms with Crippen LogP contribution in [0.2, 0.25) is 0 Å². The molecule has 2 unspecified atom stereocenters. The van der Waals surface area contributed by atoms with Gasteiger partial charge in [0.2, 0.25) is 0 Å². The predicted molar refractivity (Wildman–Crippen MR) is 91.4 cm³/mol. The van der Waals surface area contributed by atoms with Crippen molar-refractivity contribution in [1.29, 1.82) is 0 Å². The zero-order valence-corrected chi connectivity index (χ0v) is 14.7. The van der Waals surface area contributed by atoms with Gasteiger partial charge in [-0.3, -0.25) is 9.80 Å². The number of nitrogens with zero attached hydrogens (tertiary/aromatic N) is 2. The molecule has 21 heavy (non-hydrogen) atoms. The third kappa shape index (κ3) is 3.50. The van der Waals surface area contributed by atoms with Crippen LogP contribution in [0.1, 0.15) is 30.4 Å². The average molecular weight is 352 g/mol. The topological polar surface area (TPSA) is 18.5 Å². The predicted octanol–water partition coefficient (Wildman–Crippen LogP) is 2.84. The van der Waals surface area contributed by atoms with Crippen molar-refractivity contribution in [2.24, 2.45) is 0 Å². The van der Waals surface area contributed by atoms with E-state index in [0.29, 0.717) is 0 Å². The smallest absolute Gasteiger partial charge is 0.0245 e. The SMILES string of the molecule is CNCc1ccc(CN2CCC3CCC(C2)N3C)c(Br)c1. The van der Waals surface area contributed by atoms with Crippen molar-refractivity contribution in [2.45, 2.75) is 44.4 Å². The minimum Gasteiger partial charge on any atom is -0.316 e. The third-order valence-electron chi connectivity index (χ3n) is 5.12. The molecule has 3 rings (SSSR count). The van der Waals surface area contributed by atoms with E-state index >= 15 is 0 Å². The Morgan fingerprint density at radius 1 is 1.24 bits per heavy atom. The van der Waals surface area contributed by atoms with E-state index in [9.17, 15) is 0 Å². The summed E-state index contributed by atoms with van der Waals surface area (Å²) < 4.78 is 1.25. The van der Waals surface area contributed by atoms with E-state index in [1.165, 1.54) is 48.0 Å². The molecule has 1 aromatic carbocycles. The number of likely N-dealkylation sites (tertiary alicyclic amines) is 1. The third-order valence-corrected chi connectivity index (χ3v) is 5.86. The molecule has 2 aliphatic rings. The Balaban J connectivity index is 1.66. The maximum Gasteiger partial charge on any atom is 0.0245 e. The van der Waals surface area contributed by atoms with E-state index in [1.807, 2.05) is 7.05 Å². The van der Waals surface area contributed by atoms with Gasteiger partial charge in [-0.05, 0) is 50.6 Å². The Bertz CT molecular complexity index is 491. The summed E-state index contributed by atoms with van der Waals surface area (Å²) in [6.45, 7) is 4.45. The molecule has 4 heteroatoms. The Morgan fingerprint density at radius 3 is 2.81 bits per heavy atom. The number of fused-ring (bicyclic) bond motifs is 2. The first-order valence-electron chi connectivity index (χ1n) is 8.03. The van der Waals surface area contributed by atoms with Crippen LogP contribution in [0.5, 0.6) is 0 Å². The summed E-state index contributed by atoms with van der Waals surface area (Å²) in [5, 5.41) is 3.21. The van der Waals surface area contributed by atoms with Crippen molar-refractivity contribution in [3.05, 3.63) is 33.8 Å². The molecule has 1 aromatic rings. The minimum absolute atomic E-state index is 0.764. The molecule has 0 radical (unpaired) electrons. The maximum absolute atomic E-state index is 3.75. The van der Waals surface area contributed by atoms with Crippen LogP contribution in [0.15, 0.2) is 22.7 Å². The molecule has 1 N–H and O–H groups in total. The molecule has 2 atom stereocenters. The fourth-order valence-corrected chi connectivity index (χ4v) is 4.35. The second kappa shape index (κ2) is 6.78. The number of hydrogen-bond donors (Lipinski definition) is 1. The van der Waals surface area contributed by atoms with Gasteiger partial charge in [-0.25, -0.2) is 0 Å². The van der Waals surface area contributed by atoms with Gasteiger partial charge in [-0.2, -0.15) is 0 Å². The summed E-state index contributed by atoms with van der Waals surface area (Å²) in [6.07, 6.45) is 4.10. The largest absolute Gasteiger partial charge is 0.316 e. The highest BCUT2D eigenvalue weighted by Crippen LogP contribution is 2.30. The molecule has 0 aliphatic carbocycles. The van der Waals surface area contributed by atoms with Crippen LogP contribution in [0.25, 0.3) is 0 Å². The van der Waals surface area contributed by atoms with Crippen molar-refractivity contribution in [3.8, 4) is 0 Å². The van der Waals surface area contributed by atoms with Crippen LogP contribution in [-0.2, 0) is 13.1 Å². The molecule has 2 saturated heterocycles. The van der Waals surface area contributed by atoms with Crippen LogP contribution in [-0.4, -0.2) is 49.1 Å². The van der Waals surface area contributed by atoms with Gasteiger partial charge in [0.1, 0.15) is 0 Å². The number of rotatable bonds is 4. The van der Waals surface area contributed by atoms with E-state index in [1.54, 1.807) is 0 Å². The van der Waals surface area contributed by atoms with Gasteiger partial charge in [-0.1, -0.05) is 28.1 Å². The zero-order chi connectivity index (χ0) is 14.8. The highest BCUT2D eigenvalue weighted by molar-refractivity contribution is 9.10. The highest BCUT2D eigenvalue weighted by Gasteiger charge is 2.34. The number of hydrogen-bond acceptors (Lipinski definition) is 3. The lowest BCUT2D eigenvalue weighted by molar-refractivity contribution is 0.214. The monoisotopic (exact) mass is 351 g/mol. The van der Waals surface area contributed by atoms with Crippen LogP contribution < -0.4 is 5.32 Å². The molecule has 2 aliphatic heterocycles. The Hall–Kier alpha value is -0.420. The van der Waals surface area contributed by atoms with E-state index in [0.717, 1.165) is 25.2 Å². The summed E-state index contributed by atoms with van der Waals surface area (Å²) in [4.78, 5) is 5.25. The van der Waals surface area contributed by atoms with Gasteiger partial charge in [0.05, 0.1) is 0 Å². The zero-order valence-electron chi connectivity index (χ0n) is 13.1. The molecule has 116 valence electrons. The first-order valence-corrected chi connectivity index (χ1v) is 8.83. The van der Waals surface area contributed by atoms with Gasteiger partial charge in [0.25, 0.3) is 0 Å². The van der Waals surface area contributed by atoms with Gasteiger partial charge in [0.15, 0.2) is 0 Å². The van der Waals surface area contributed by atoms with Gasteiger partial charge >= 0.3 is 0 Å². The Morgan fingerprint density at radius 2 is 2.05 bits per heavy atom. The summed E-state index contributed by atoms with van der Waals surface area (Å²) in [5.41, 5.74) is 2.75. The molecule has 2 bridgehead atoms. The summed E-state index contributed by atoms with van der Waals surface area (Å²) in [6, 6.07) is 8.36. The first kappa shape index (κ1) is 15.5. The quantitative estimate of drug-likeness (QED) is 0.899. The van der Waals surface area contributed by atoms with Crippen molar-refractivity contribution in [3.63, 3.8) is 0 Å². The van der Waals surface area contributed by atoms with E-state index in [-0.39, 0.29) is 0 Å². The first-order chi connectivity index (χ1) is 10.2. The van der Waals surface area contributed by atoms with E-state index in [4.69, 9.17) is 0 Å². The fraction of sp³-hybridized carbons (Fsp3) is 0.647. The standard InChI is InChI=1S/C17H26BrN3/c1-19-10-13-3-4-14(17(18)9-13)11-21-8-7-15-5-6-16(12-21)20(15)2/h3-4,9,15-16,19H,5-8,10-12H2,1-2H3. The Kier molecular flexibility index (Phi) is 4.99. The van der Waals surface area contributed by atoms with E-state index < -0.39 is 0 Å². The molecule has 0 saturated carbocycles. The Labute approximate surface area is 136 Å². The maximum atomic E-state index is 3.75. The molecule has 3 nitrogen and oxygen atoms in total. The average Bonchev–Trinajstić information content (AvgIpc) is 2.70. The number of benzene rings is 1.